The molecule has 0 N–H and O–H groups in total. The lowest BCUT2D eigenvalue weighted by molar-refractivity contribution is -0.157. The second-order valence-electron chi connectivity index (χ2n) is 7.74. The predicted molar refractivity (Wildman–Crippen MR) is 90.9 cm³/mol. The summed E-state index contributed by atoms with van der Waals surface area (Å²) in [5.41, 5.74) is -2.43. The Morgan fingerprint density at radius 3 is 2.44 bits per heavy atom. The molecule has 2 aliphatic rings. The molecule has 2 aromatic rings. The fraction of sp³-hybridized carbons (Fsp3) is 0.400. The predicted octanol–water partition coefficient (Wildman–Crippen LogP) is 3.10. The van der Waals surface area contributed by atoms with Crippen LogP contribution in [0.25, 0.3) is 10.9 Å². The largest absolute Gasteiger partial charge is 0.423 e. The molecule has 0 saturated heterocycles. The monoisotopic (exact) mass is 337 g/mol. The molecule has 1 aromatic carbocycles. The Bertz CT molecular complexity index is 942. The van der Waals surface area contributed by atoms with Gasteiger partial charge in [0.2, 0.25) is 11.6 Å². The smallest absolute Gasteiger partial charge is 0.326 e. The van der Waals surface area contributed by atoms with E-state index >= 15 is 0 Å². The summed E-state index contributed by atoms with van der Waals surface area (Å²) in [4.78, 5) is 42.7. The highest BCUT2D eigenvalue weighted by Crippen LogP contribution is 2.69. The summed E-state index contributed by atoms with van der Waals surface area (Å²) in [6.45, 7) is 5.44. The van der Waals surface area contributed by atoms with E-state index in [-0.39, 0.29) is 0 Å². The van der Waals surface area contributed by atoms with Gasteiger partial charge in [0.15, 0.2) is 5.75 Å². The summed E-state index contributed by atoms with van der Waals surface area (Å²) in [7, 11) is 0. The summed E-state index contributed by atoms with van der Waals surface area (Å²) in [5.74, 6) is -1.38. The number of aromatic nitrogens is 1. The molecule has 2 saturated carbocycles. The average molecular weight is 337 g/mol. The quantitative estimate of drug-likeness (QED) is 0.364. The molecule has 2 aliphatic carbocycles. The number of rotatable bonds is 2. The second-order valence-corrected chi connectivity index (χ2v) is 7.74. The molecule has 2 atom stereocenters. The Hall–Kier alpha value is -2.56. The van der Waals surface area contributed by atoms with Gasteiger partial charge in [-0.2, -0.15) is 0 Å². The summed E-state index contributed by atoms with van der Waals surface area (Å²) < 4.78 is 5.66. The molecular formula is C20H19NO4. The molecule has 5 nitrogen and oxygen atoms in total. The zero-order chi connectivity index (χ0) is 18.0. The van der Waals surface area contributed by atoms with Gasteiger partial charge in [0.1, 0.15) is 10.9 Å². The lowest BCUT2D eigenvalue weighted by Crippen LogP contribution is -2.47. The highest BCUT2D eigenvalue weighted by molar-refractivity contribution is 6.48. The minimum atomic E-state index is -1.41. The summed E-state index contributed by atoms with van der Waals surface area (Å²) in [6, 6.07) is 8.98. The maximum absolute atomic E-state index is 13.1. The van der Waals surface area contributed by atoms with Gasteiger partial charge in [0, 0.05) is 22.4 Å². The molecule has 4 rings (SSSR count). The molecule has 0 unspecified atom stereocenters. The SMILES string of the molecule is CC1(C)[C@@]2(C(=O)Oc3cccc4cccnc34)CC[C@]1(C)C(=O)C2=O. The van der Waals surface area contributed by atoms with E-state index < -0.39 is 33.8 Å². The summed E-state index contributed by atoms with van der Waals surface area (Å²) in [5, 5.41) is 0.842. The molecule has 0 spiro atoms. The first kappa shape index (κ1) is 15.9. The highest BCUT2D eigenvalue weighted by atomic mass is 16.5. The molecule has 0 aliphatic heterocycles. The van der Waals surface area contributed by atoms with Gasteiger partial charge < -0.3 is 4.74 Å². The van der Waals surface area contributed by atoms with Crippen molar-refractivity contribution in [2.45, 2.75) is 33.6 Å². The van der Waals surface area contributed by atoms with Gasteiger partial charge in [0.25, 0.3) is 0 Å². The molecule has 2 fully saturated rings. The third kappa shape index (κ3) is 1.68. The number of fused-ring (bicyclic) bond motifs is 3. The van der Waals surface area contributed by atoms with E-state index in [9.17, 15) is 14.4 Å². The third-order valence-corrected chi connectivity index (χ3v) is 6.69. The van der Waals surface area contributed by atoms with Crippen LogP contribution in [0.15, 0.2) is 36.5 Å². The fourth-order valence-electron chi connectivity index (χ4n) is 4.57. The average Bonchev–Trinajstić information content (AvgIpc) is 2.87. The number of benzene rings is 1. The maximum Gasteiger partial charge on any atom is 0.326 e. The van der Waals surface area contributed by atoms with Gasteiger partial charge in [-0.05, 0) is 25.0 Å². The van der Waals surface area contributed by atoms with Crippen LogP contribution in [0.1, 0.15) is 33.6 Å². The maximum atomic E-state index is 13.1. The van der Waals surface area contributed by atoms with Crippen molar-refractivity contribution < 1.29 is 19.1 Å². The molecule has 1 aromatic heterocycles. The number of hydrogen-bond acceptors (Lipinski definition) is 5. The Morgan fingerprint density at radius 2 is 1.76 bits per heavy atom. The van der Waals surface area contributed by atoms with E-state index in [1.807, 2.05) is 26.0 Å². The minimum Gasteiger partial charge on any atom is -0.423 e. The fourth-order valence-corrected chi connectivity index (χ4v) is 4.57. The van der Waals surface area contributed by atoms with E-state index in [0.717, 1.165) is 5.39 Å². The number of para-hydroxylation sites is 1. The van der Waals surface area contributed by atoms with Gasteiger partial charge in [-0.25, -0.2) is 0 Å². The van der Waals surface area contributed by atoms with Crippen molar-refractivity contribution in [1.29, 1.82) is 0 Å². The van der Waals surface area contributed by atoms with Crippen LogP contribution in [0.3, 0.4) is 0 Å². The number of ether oxygens (including phenoxy) is 1. The number of esters is 1. The molecule has 25 heavy (non-hydrogen) atoms. The van der Waals surface area contributed by atoms with Crippen molar-refractivity contribution in [3.05, 3.63) is 36.5 Å². The Balaban J connectivity index is 1.79. The number of carbonyl (C=O) groups is 3. The van der Waals surface area contributed by atoms with Crippen LogP contribution in [0, 0.1) is 16.2 Å². The summed E-state index contributed by atoms with van der Waals surface area (Å²) in [6.07, 6.45) is 2.49. The number of nitrogens with zero attached hydrogens (tertiary/aromatic N) is 1. The van der Waals surface area contributed by atoms with Crippen molar-refractivity contribution in [2.75, 3.05) is 0 Å². The van der Waals surface area contributed by atoms with Crippen LogP contribution >= 0.6 is 0 Å². The number of ketones is 2. The third-order valence-electron chi connectivity index (χ3n) is 6.69. The number of pyridine rings is 1. The van der Waals surface area contributed by atoms with Crippen LogP contribution in [0.2, 0.25) is 0 Å². The number of carbonyl (C=O) groups excluding carboxylic acids is 3. The van der Waals surface area contributed by atoms with E-state index in [1.54, 1.807) is 31.3 Å². The minimum absolute atomic E-state index is 0.314. The first-order valence-corrected chi connectivity index (χ1v) is 8.41. The van der Waals surface area contributed by atoms with Crippen LogP contribution < -0.4 is 4.74 Å². The second kappa shape index (κ2) is 4.75. The number of Topliss-reactive ketones (excluding diaryl/α,β-unsaturated/α-hetero) is 2. The van der Waals surface area contributed by atoms with Crippen molar-refractivity contribution in [1.82, 2.24) is 4.98 Å². The van der Waals surface area contributed by atoms with Crippen molar-refractivity contribution in [2.24, 2.45) is 16.2 Å². The van der Waals surface area contributed by atoms with Crippen molar-refractivity contribution in [3.8, 4) is 5.75 Å². The van der Waals surface area contributed by atoms with Gasteiger partial charge in [-0.1, -0.05) is 39.0 Å². The number of hydrogen-bond donors (Lipinski definition) is 0. The van der Waals surface area contributed by atoms with E-state index in [4.69, 9.17) is 4.74 Å². The standard InChI is InChI=1S/C20H19NO4/c1-18(2)19(3)9-10-20(18,16(23)15(19)22)17(24)25-13-8-4-6-12-7-5-11-21-14(12)13/h4-8,11H,9-10H2,1-3H3/t19-,20+/m1/s1. The van der Waals surface area contributed by atoms with Crippen LogP contribution in [0.4, 0.5) is 0 Å². The first-order valence-electron chi connectivity index (χ1n) is 8.41. The van der Waals surface area contributed by atoms with Crippen LogP contribution in [0.5, 0.6) is 5.75 Å². The molecule has 128 valence electrons. The van der Waals surface area contributed by atoms with Gasteiger partial charge in [-0.15, -0.1) is 0 Å². The topological polar surface area (TPSA) is 73.3 Å². The zero-order valence-electron chi connectivity index (χ0n) is 14.5. The molecule has 1 heterocycles. The van der Waals surface area contributed by atoms with Gasteiger partial charge >= 0.3 is 5.97 Å². The van der Waals surface area contributed by atoms with Crippen LogP contribution in [-0.2, 0) is 14.4 Å². The molecule has 5 heteroatoms. The van der Waals surface area contributed by atoms with Gasteiger partial charge in [0.05, 0.1) is 0 Å². The van der Waals surface area contributed by atoms with Crippen molar-refractivity contribution >= 4 is 28.4 Å². The Morgan fingerprint density at radius 1 is 1.04 bits per heavy atom. The normalized spacial score (nSPS) is 30.0. The molecule has 0 radical (unpaired) electrons. The van der Waals surface area contributed by atoms with Crippen molar-refractivity contribution in [3.63, 3.8) is 0 Å². The van der Waals surface area contributed by atoms with Crippen LogP contribution in [-0.4, -0.2) is 22.5 Å². The van der Waals surface area contributed by atoms with Gasteiger partial charge in [-0.3, -0.25) is 19.4 Å². The highest BCUT2D eigenvalue weighted by Gasteiger charge is 2.78. The summed E-state index contributed by atoms with van der Waals surface area (Å²) >= 11 is 0. The molecular weight excluding hydrogens is 318 g/mol. The zero-order valence-corrected chi connectivity index (χ0v) is 14.5. The lowest BCUT2D eigenvalue weighted by Gasteiger charge is -2.36. The lowest BCUT2D eigenvalue weighted by atomic mass is 9.65. The molecule has 2 bridgehead atoms. The van der Waals surface area contributed by atoms with E-state index in [2.05, 4.69) is 4.98 Å². The Kier molecular flexibility index (Phi) is 3.03. The van der Waals surface area contributed by atoms with E-state index in [1.165, 1.54) is 0 Å². The Labute approximate surface area is 145 Å². The molecule has 0 amide bonds. The first-order chi connectivity index (χ1) is 11.8. The van der Waals surface area contributed by atoms with E-state index in [0.29, 0.717) is 24.1 Å².